The molecule has 0 saturated heterocycles. The zero-order chi connectivity index (χ0) is 26.7. The van der Waals surface area contributed by atoms with Crippen molar-refractivity contribution in [2.75, 3.05) is 37.5 Å². The molecule has 0 spiro atoms. The molecule has 0 radical (unpaired) electrons. The first kappa shape index (κ1) is 27.3. The molecular formula is C28H31N3O6S. The summed E-state index contributed by atoms with van der Waals surface area (Å²) in [7, 11) is 0. The lowest BCUT2D eigenvalue weighted by Crippen LogP contribution is -2.33. The number of ether oxygens (including phenoxy) is 3. The lowest BCUT2D eigenvalue weighted by atomic mass is 9.95. The van der Waals surface area contributed by atoms with Gasteiger partial charge in [-0.05, 0) is 58.3 Å². The van der Waals surface area contributed by atoms with Gasteiger partial charge >= 0.3 is 0 Å². The summed E-state index contributed by atoms with van der Waals surface area (Å²) in [6, 6.07) is 16.0. The van der Waals surface area contributed by atoms with Gasteiger partial charge in [-0.15, -0.1) is 0 Å². The first-order valence-corrected chi connectivity index (χ1v) is 13.2. The van der Waals surface area contributed by atoms with Crippen LogP contribution in [0.4, 0.5) is 11.4 Å². The molecule has 1 aliphatic heterocycles. The highest BCUT2D eigenvalue weighted by Gasteiger charge is 2.29. The van der Waals surface area contributed by atoms with E-state index in [1.165, 1.54) is 0 Å². The Morgan fingerprint density at radius 3 is 2.61 bits per heavy atom. The van der Waals surface area contributed by atoms with Gasteiger partial charge < -0.3 is 35.7 Å². The fourth-order valence-corrected chi connectivity index (χ4v) is 4.62. The van der Waals surface area contributed by atoms with Crippen LogP contribution in [0.1, 0.15) is 33.8 Å². The first-order chi connectivity index (χ1) is 18.5. The van der Waals surface area contributed by atoms with E-state index in [9.17, 15) is 9.59 Å². The zero-order valence-corrected chi connectivity index (χ0v) is 21.6. The summed E-state index contributed by atoms with van der Waals surface area (Å²) in [6.07, 6.45) is 1.80. The number of carbonyl (C=O) groups is 2. The number of nitrogens with two attached hydrogens (primary N) is 1. The van der Waals surface area contributed by atoms with E-state index in [1.54, 1.807) is 59.9 Å². The van der Waals surface area contributed by atoms with Gasteiger partial charge in [-0.3, -0.25) is 9.59 Å². The molecule has 0 fully saturated rings. The van der Waals surface area contributed by atoms with Crippen molar-refractivity contribution >= 4 is 34.5 Å². The van der Waals surface area contributed by atoms with E-state index in [-0.39, 0.29) is 49.9 Å². The van der Waals surface area contributed by atoms with Gasteiger partial charge in [0.2, 0.25) is 6.29 Å². The molecule has 3 aromatic rings. The summed E-state index contributed by atoms with van der Waals surface area (Å²) in [5.74, 6) is -0.441. The maximum Gasteiger partial charge on any atom is 0.286 e. The number of aliphatic hydroxyl groups excluding tert-OH is 1. The summed E-state index contributed by atoms with van der Waals surface area (Å²) < 4.78 is 16.9. The Kier molecular flexibility index (Phi) is 9.88. The summed E-state index contributed by atoms with van der Waals surface area (Å²) in [4.78, 5) is 25.5. The van der Waals surface area contributed by atoms with Crippen molar-refractivity contribution < 1.29 is 28.9 Å². The topological polar surface area (TPSA) is 132 Å². The van der Waals surface area contributed by atoms with E-state index in [0.29, 0.717) is 30.0 Å². The average Bonchev–Trinajstić information content (AvgIpc) is 3.48. The van der Waals surface area contributed by atoms with Gasteiger partial charge in [0, 0.05) is 24.4 Å². The third-order valence-corrected chi connectivity index (χ3v) is 6.60. The molecule has 0 aliphatic carbocycles. The molecule has 9 nitrogen and oxygen atoms in total. The van der Waals surface area contributed by atoms with Crippen molar-refractivity contribution in [1.29, 1.82) is 0 Å². The van der Waals surface area contributed by atoms with Crippen LogP contribution in [-0.2, 0) is 25.5 Å². The highest BCUT2D eigenvalue weighted by molar-refractivity contribution is 7.08. The predicted octanol–water partition coefficient (Wildman–Crippen LogP) is 3.64. The number of benzene rings is 2. The van der Waals surface area contributed by atoms with Crippen molar-refractivity contribution in [3.8, 4) is 0 Å². The van der Waals surface area contributed by atoms with Crippen molar-refractivity contribution in [1.82, 2.24) is 5.32 Å². The molecule has 200 valence electrons. The summed E-state index contributed by atoms with van der Waals surface area (Å²) in [5, 5.41) is 18.5. The Morgan fingerprint density at radius 2 is 1.87 bits per heavy atom. The molecule has 2 amide bonds. The lowest BCUT2D eigenvalue weighted by molar-refractivity contribution is -0.151. The van der Waals surface area contributed by atoms with E-state index in [2.05, 4.69) is 10.6 Å². The van der Waals surface area contributed by atoms with Gasteiger partial charge in [0.05, 0.1) is 37.8 Å². The number of rotatable bonds is 12. The molecule has 5 N–H and O–H groups in total. The SMILES string of the molecule is Nc1ccccc1NC(=O)c1ccc(CNC(=O)C2=C[C@@H](c3ccsc3)C[C@@H](OCCOCCO)O2)cc1. The van der Waals surface area contributed by atoms with Crippen LogP contribution in [0.3, 0.4) is 0 Å². The van der Waals surface area contributed by atoms with Gasteiger partial charge in [-0.2, -0.15) is 11.3 Å². The average molecular weight is 538 g/mol. The second-order valence-electron chi connectivity index (χ2n) is 8.60. The molecule has 0 saturated carbocycles. The highest BCUT2D eigenvalue weighted by Crippen LogP contribution is 2.32. The third-order valence-electron chi connectivity index (χ3n) is 5.90. The number of para-hydroxylation sites is 2. The summed E-state index contributed by atoms with van der Waals surface area (Å²) in [5.41, 5.74) is 9.34. The van der Waals surface area contributed by atoms with E-state index in [1.807, 2.05) is 22.9 Å². The number of nitrogens with one attached hydrogen (secondary N) is 2. The lowest BCUT2D eigenvalue weighted by Gasteiger charge is -2.29. The van der Waals surface area contributed by atoms with E-state index >= 15 is 0 Å². The molecule has 1 aliphatic rings. The van der Waals surface area contributed by atoms with Gasteiger partial charge in [0.1, 0.15) is 0 Å². The molecule has 2 atom stereocenters. The maximum atomic E-state index is 13.0. The van der Waals surface area contributed by atoms with Gasteiger partial charge in [-0.1, -0.05) is 24.3 Å². The third kappa shape index (κ3) is 7.65. The number of aliphatic hydroxyl groups is 1. The standard InChI is InChI=1S/C28H31N3O6S/c29-23-3-1-2-4-24(23)31-27(33)20-7-5-19(6-8-20)17-30-28(34)25-15-22(21-9-14-38-18-21)16-26(37-25)36-13-12-35-11-10-32/h1-9,14-15,18,22,26,32H,10-13,16-17,29H2,(H,30,34)(H,31,33)/t22-,26+/m1/s1. The summed E-state index contributed by atoms with van der Waals surface area (Å²) in [6.45, 7) is 1.06. The Labute approximate surface area is 225 Å². The molecule has 2 heterocycles. The monoisotopic (exact) mass is 537 g/mol. The number of allylic oxidation sites excluding steroid dienone is 1. The largest absolute Gasteiger partial charge is 0.459 e. The van der Waals surface area contributed by atoms with Gasteiger partial charge in [-0.25, -0.2) is 0 Å². The Morgan fingerprint density at radius 1 is 1.05 bits per heavy atom. The first-order valence-electron chi connectivity index (χ1n) is 12.3. The fourth-order valence-electron chi connectivity index (χ4n) is 3.89. The number of hydrogen-bond donors (Lipinski definition) is 4. The van der Waals surface area contributed by atoms with Gasteiger partial charge in [0.15, 0.2) is 5.76 Å². The molecule has 2 aromatic carbocycles. The van der Waals surface area contributed by atoms with E-state index in [4.69, 9.17) is 25.1 Å². The number of carbonyl (C=O) groups excluding carboxylic acids is 2. The van der Waals surface area contributed by atoms with Crippen LogP contribution in [0, 0.1) is 0 Å². The molecule has 0 unspecified atom stereocenters. The minimum absolute atomic E-state index is 0.0180. The Balaban J connectivity index is 1.33. The minimum Gasteiger partial charge on any atom is -0.459 e. The van der Waals surface area contributed by atoms with Crippen molar-refractivity contribution in [3.63, 3.8) is 0 Å². The normalized spacial score (nSPS) is 16.8. The van der Waals surface area contributed by atoms with Crippen LogP contribution in [0.25, 0.3) is 0 Å². The number of anilines is 2. The predicted molar refractivity (Wildman–Crippen MR) is 146 cm³/mol. The van der Waals surface area contributed by atoms with Crippen molar-refractivity contribution in [2.24, 2.45) is 0 Å². The van der Waals surface area contributed by atoms with Gasteiger partial charge in [0.25, 0.3) is 11.8 Å². The Hall–Kier alpha value is -3.70. The van der Waals surface area contributed by atoms with Crippen LogP contribution >= 0.6 is 11.3 Å². The number of nitrogen functional groups attached to an aromatic ring is 1. The van der Waals surface area contributed by atoms with Crippen LogP contribution in [0.2, 0.25) is 0 Å². The van der Waals surface area contributed by atoms with Crippen LogP contribution < -0.4 is 16.4 Å². The molecule has 4 rings (SSSR count). The number of amides is 2. The Bertz CT molecular complexity index is 1230. The number of hydrogen-bond acceptors (Lipinski definition) is 8. The number of thiophene rings is 1. The van der Waals surface area contributed by atoms with Crippen molar-refractivity contribution in [3.05, 3.63) is 93.9 Å². The van der Waals surface area contributed by atoms with Crippen LogP contribution in [-0.4, -0.2) is 49.6 Å². The highest BCUT2D eigenvalue weighted by atomic mass is 32.1. The second kappa shape index (κ2) is 13.7. The molecular weight excluding hydrogens is 506 g/mol. The molecule has 1 aromatic heterocycles. The molecule has 38 heavy (non-hydrogen) atoms. The smallest absolute Gasteiger partial charge is 0.286 e. The maximum absolute atomic E-state index is 13.0. The molecule has 10 heteroatoms. The summed E-state index contributed by atoms with van der Waals surface area (Å²) >= 11 is 1.59. The minimum atomic E-state index is -0.597. The van der Waals surface area contributed by atoms with Crippen LogP contribution in [0.5, 0.6) is 0 Å². The zero-order valence-electron chi connectivity index (χ0n) is 20.8. The quantitative estimate of drug-likeness (QED) is 0.205. The van der Waals surface area contributed by atoms with E-state index < -0.39 is 6.29 Å². The fraction of sp³-hybridized carbons (Fsp3) is 0.286. The second-order valence-corrected chi connectivity index (χ2v) is 9.38. The molecule has 0 bridgehead atoms. The van der Waals surface area contributed by atoms with Crippen molar-refractivity contribution in [2.45, 2.75) is 25.2 Å². The van der Waals surface area contributed by atoms with E-state index in [0.717, 1.165) is 11.1 Å². The van der Waals surface area contributed by atoms with Crippen LogP contribution in [0.15, 0.2) is 77.2 Å².